The van der Waals surface area contributed by atoms with E-state index in [-0.39, 0.29) is 30.1 Å². The van der Waals surface area contributed by atoms with Crippen LogP contribution in [0.1, 0.15) is 37.5 Å². The van der Waals surface area contributed by atoms with Gasteiger partial charge in [0.25, 0.3) is 0 Å². The SMILES string of the molecule is CCNC(=NCc1ccc(OC(C)C)nc1)NCc1cccc(C)c1.I. The first kappa shape index (κ1) is 22.2. The third kappa shape index (κ3) is 8.03. The summed E-state index contributed by atoms with van der Waals surface area (Å²) in [5.41, 5.74) is 3.54. The van der Waals surface area contributed by atoms with Crippen LogP contribution in [0.3, 0.4) is 0 Å². The molecule has 26 heavy (non-hydrogen) atoms. The Labute approximate surface area is 173 Å². The number of ether oxygens (including phenoxy) is 1. The molecular weight excluding hydrogens is 439 g/mol. The van der Waals surface area contributed by atoms with Gasteiger partial charge in [-0.3, -0.25) is 0 Å². The van der Waals surface area contributed by atoms with Gasteiger partial charge in [-0.2, -0.15) is 0 Å². The lowest BCUT2D eigenvalue weighted by atomic mass is 10.1. The highest BCUT2D eigenvalue weighted by atomic mass is 127. The molecule has 0 amide bonds. The number of nitrogens with zero attached hydrogens (tertiary/aromatic N) is 2. The molecule has 0 saturated heterocycles. The molecule has 2 rings (SSSR count). The predicted molar refractivity (Wildman–Crippen MR) is 118 cm³/mol. The molecule has 6 heteroatoms. The third-order valence-corrected chi connectivity index (χ3v) is 3.46. The van der Waals surface area contributed by atoms with E-state index in [1.54, 1.807) is 0 Å². The van der Waals surface area contributed by atoms with Gasteiger partial charge in [0.2, 0.25) is 5.88 Å². The van der Waals surface area contributed by atoms with Crippen LogP contribution >= 0.6 is 24.0 Å². The Kier molecular flexibility index (Phi) is 10.0. The first-order valence-corrected chi connectivity index (χ1v) is 8.76. The summed E-state index contributed by atoms with van der Waals surface area (Å²) in [5, 5.41) is 6.63. The van der Waals surface area contributed by atoms with Gasteiger partial charge in [-0.1, -0.05) is 35.9 Å². The Balaban J connectivity index is 0.00000338. The van der Waals surface area contributed by atoms with Crippen LogP contribution in [0.2, 0.25) is 0 Å². The zero-order valence-electron chi connectivity index (χ0n) is 16.0. The van der Waals surface area contributed by atoms with Crippen molar-refractivity contribution in [2.24, 2.45) is 4.99 Å². The van der Waals surface area contributed by atoms with Crippen molar-refractivity contribution in [3.05, 3.63) is 59.3 Å². The van der Waals surface area contributed by atoms with Crippen molar-refractivity contribution < 1.29 is 4.74 Å². The van der Waals surface area contributed by atoms with Crippen molar-refractivity contribution in [1.82, 2.24) is 15.6 Å². The molecule has 0 spiro atoms. The van der Waals surface area contributed by atoms with E-state index in [0.29, 0.717) is 12.4 Å². The number of hydrogen-bond donors (Lipinski definition) is 2. The topological polar surface area (TPSA) is 58.5 Å². The van der Waals surface area contributed by atoms with Crippen molar-refractivity contribution in [3.63, 3.8) is 0 Å². The van der Waals surface area contributed by atoms with Crippen molar-refractivity contribution in [2.45, 2.75) is 46.9 Å². The van der Waals surface area contributed by atoms with Gasteiger partial charge < -0.3 is 15.4 Å². The monoisotopic (exact) mass is 468 g/mol. The molecule has 2 N–H and O–H groups in total. The molecule has 2 aromatic rings. The molecule has 0 aliphatic heterocycles. The van der Waals surface area contributed by atoms with Crippen LogP contribution in [-0.2, 0) is 13.1 Å². The highest BCUT2D eigenvalue weighted by Crippen LogP contribution is 2.10. The van der Waals surface area contributed by atoms with E-state index in [4.69, 9.17) is 4.74 Å². The average molecular weight is 468 g/mol. The van der Waals surface area contributed by atoms with E-state index in [1.165, 1.54) is 11.1 Å². The van der Waals surface area contributed by atoms with E-state index >= 15 is 0 Å². The fourth-order valence-electron chi connectivity index (χ4n) is 2.34. The minimum Gasteiger partial charge on any atom is -0.475 e. The van der Waals surface area contributed by atoms with E-state index in [1.807, 2.05) is 32.2 Å². The highest BCUT2D eigenvalue weighted by molar-refractivity contribution is 14.0. The number of pyridine rings is 1. The van der Waals surface area contributed by atoms with E-state index in [9.17, 15) is 0 Å². The lowest BCUT2D eigenvalue weighted by Crippen LogP contribution is -2.36. The normalized spacial score (nSPS) is 11.0. The second-order valence-electron chi connectivity index (χ2n) is 6.21. The Hall–Kier alpha value is -1.83. The van der Waals surface area contributed by atoms with Crippen molar-refractivity contribution in [1.29, 1.82) is 0 Å². The predicted octanol–water partition coefficient (Wildman–Crippen LogP) is 4.05. The molecule has 1 heterocycles. The molecule has 142 valence electrons. The first-order valence-electron chi connectivity index (χ1n) is 8.76. The van der Waals surface area contributed by atoms with Gasteiger partial charge in [0.1, 0.15) is 0 Å². The molecule has 0 bridgehead atoms. The zero-order valence-corrected chi connectivity index (χ0v) is 18.3. The van der Waals surface area contributed by atoms with Crippen molar-refractivity contribution in [3.8, 4) is 5.88 Å². The fourth-order valence-corrected chi connectivity index (χ4v) is 2.34. The number of halogens is 1. The molecule has 0 fully saturated rings. The summed E-state index contributed by atoms with van der Waals surface area (Å²) in [7, 11) is 0. The van der Waals surface area contributed by atoms with Crippen LogP contribution in [0.15, 0.2) is 47.6 Å². The third-order valence-electron chi connectivity index (χ3n) is 3.46. The maximum Gasteiger partial charge on any atom is 0.213 e. The largest absolute Gasteiger partial charge is 0.475 e. The number of guanidine groups is 1. The van der Waals surface area contributed by atoms with Gasteiger partial charge in [0.15, 0.2) is 5.96 Å². The molecule has 0 unspecified atom stereocenters. The summed E-state index contributed by atoms with van der Waals surface area (Å²) in [6, 6.07) is 12.3. The van der Waals surface area contributed by atoms with E-state index in [0.717, 1.165) is 24.6 Å². The van der Waals surface area contributed by atoms with Crippen LogP contribution in [0.25, 0.3) is 0 Å². The summed E-state index contributed by atoms with van der Waals surface area (Å²) in [5.74, 6) is 1.44. The van der Waals surface area contributed by atoms with Crippen LogP contribution in [0, 0.1) is 6.92 Å². The quantitative estimate of drug-likeness (QED) is 0.366. The lowest BCUT2D eigenvalue weighted by molar-refractivity contribution is 0.232. The second kappa shape index (κ2) is 11.7. The second-order valence-corrected chi connectivity index (χ2v) is 6.21. The van der Waals surface area contributed by atoms with E-state index in [2.05, 4.69) is 58.7 Å². The van der Waals surface area contributed by atoms with Gasteiger partial charge in [-0.05, 0) is 38.8 Å². The number of aliphatic imine (C=N–C) groups is 1. The van der Waals surface area contributed by atoms with Gasteiger partial charge in [0.05, 0.1) is 12.6 Å². The van der Waals surface area contributed by atoms with Crippen molar-refractivity contribution >= 4 is 29.9 Å². The number of aromatic nitrogens is 1. The number of nitrogens with one attached hydrogen (secondary N) is 2. The number of hydrogen-bond acceptors (Lipinski definition) is 3. The number of rotatable bonds is 7. The van der Waals surface area contributed by atoms with Crippen molar-refractivity contribution in [2.75, 3.05) is 6.54 Å². The van der Waals surface area contributed by atoms with Gasteiger partial charge in [-0.25, -0.2) is 9.98 Å². The molecule has 1 aromatic carbocycles. The van der Waals surface area contributed by atoms with Gasteiger partial charge in [0, 0.05) is 25.4 Å². The van der Waals surface area contributed by atoms with Crippen LogP contribution in [0.4, 0.5) is 0 Å². The molecule has 1 aromatic heterocycles. The minimum absolute atomic E-state index is 0. The van der Waals surface area contributed by atoms with Gasteiger partial charge >= 0.3 is 0 Å². The summed E-state index contributed by atoms with van der Waals surface area (Å²) in [4.78, 5) is 8.94. The Morgan fingerprint density at radius 3 is 2.58 bits per heavy atom. The summed E-state index contributed by atoms with van der Waals surface area (Å²) < 4.78 is 5.56. The summed E-state index contributed by atoms with van der Waals surface area (Å²) >= 11 is 0. The summed E-state index contributed by atoms with van der Waals surface area (Å²) in [6.07, 6.45) is 1.94. The Bertz CT molecular complexity index is 686. The highest BCUT2D eigenvalue weighted by Gasteiger charge is 2.01. The Morgan fingerprint density at radius 1 is 1.15 bits per heavy atom. The lowest BCUT2D eigenvalue weighted by Gasteiger charge is -2.12. The standard InChI is InChI=1S/C20H28N4O.HI/c1-5-21-20(23-12-17-8-6-7-16(4)11-17)24-14-18-9-10-19(22-13-18)25-15(2)3;/h6-11,13,15H,5,12,14H2,1-4H3,(H2,21,23,24);1H. The first-order chi connectivity index (χ1) is 12.1. The number of aryl methyl sites for hydroxylation is 1. The maximum absolute atomic E-state index is 5.56. The molecule has 0 saturated carbocycles. The summed E-state index contributed by atoms with van der Waals surface area (Å²) in [6.45, 7) is 10.3. The molecule has 0 aliphatic carbocycles. The van der Waals surface area contributed by atoms with Crippen LogP contribution in [0.5, 0.6) is 5.88 Å². The molecule has 0 radical (unpaired) electrons. The number of benzene rings is 1. The maximum atomic E-state index is 5.56. The molecule has 0 atom stereocenters. The van der Waals surface area contributed by atoms with Crippen LogP contribution < -0.4 is 15.4 Å². The molecule has 0 aliphatic rings. The molecule has 5 nitrogen and oxygen atoms in total. The zero-order chi connectivity index (χ0) is 18.1. The van der Waals surface area contributed by atoms with Gasteiger partial charge in [-0.15, -0.1) is 24.0 Å². The Morgan fingerprint density at radius 2 is 1.96 bits per heavy atom. The van der Waals surface area contributed by atoms with E-state index < -0.39 is 0 Å². The fraction of sp³-hybridized carbons (Fsp3) is 0.400. The average Bonchev–Trinajstić information content (AvgIpc) is 2.58. The smallest absolute Gasteiger partial charge is 0.213 e. The molecular formula is C20H29IN4O. The minimum atomic E-state index is 0. The van der Waals surface area contributed by atoms with Crippen LogP contribution in [-0.4, -0.2) is 23.6 Å².